The van der Waals surface area contributed by atoms with Crippen LogP contribution in [-0.2, 0) is 11.3 Å². The van der Waals surface area contributed by atoms with Gasteiger partial charge in [-0.05, 0) is 30.5 Å². The molecule has 5 heteroatoms. The molecule has 2 rings (SSSR count). The maximum absolute atomic E-state index is 12.1. The van der Waals surface area contributed by atoms with Crippen molar-refractivity contribution in [1.82, 2.24) is 10.2 Å². The normalized spacial score (nSPS) is 13.9. The molecule has 0 spiro atoms. The molecule has 1 aromatic rings. The summed E-state index contributed by atoms with van der Waals surface area (Å²) in [7, 11) is 5.05. The van der Waals surface area contributed by atoms with Gasteiger partial charge >= 0.3 is 0 Å². The number of ether oxygens (including phenoxy) is 2. The quantitative estimate of drug-likeness (QED) is 0.794. The zero-order valence-corrected chi connectivity index (χ0v) is 13.0. The fourth-order valence-corrected chi connectivity index (χ4v) is 2.20. The van der Waals surface area contributed by atoms with Crippen LogP contribution in [0.3, 0.4) is 0 Å². The molecule has 1 saturated carbocycles. The van der Waals surface area contributed by atoms with E-state index in [1.54, 1.807) is 19.1 Å². The molecule has 1 amide bonds. The highest BCUT2D eigenvalue weighted by molar-refractivity contribution is 5.76. The Bertz CT molecular complexity index is 486. The molecule has 1 aromatic carbocycles. The number of hydrogen-bond acceptors (Lipinski definition) is 4. The standard InChI is InChI=1S/C16H24N2O3/c1-18(16(19)8-9-17-13-5-6-13)11-12-4-7-14(20-2)15(10-12)21-3/h4,7,10,13,17H,5-6,8-9,11H2,1-3H3. The molecule has 116 valence electrons. The zero-order valence-electron chi connectivity index (χ0n) is 13.0. The molecule has 0 saturated heterocycles. The van der Waals surface area contributed by atoms with Gasteiger partial charge in [-0.3, -0.25) is 4.79 Å². The SMILES string of the molecule is COc1ccc(CN(C)C(=O)CCNC2CC2)cc1OC. The minimum absolute atomic E-state index is 0.151. The number of carbonyl (C=O) groups is 1. The molecule has 0 atom stereocenters. The van der Waals surface area contributed by atoms with Crippen molar-refractivity contribution in [2.45, 2.75) is 31.8 Å². The summed E-state index contributed by atoms with van der Waals surface area (Å²) >= 11 is 0. The van der Waals surface area contributed by atoms with Crippen LogP contribution in [0.1, 0.15) is 24.8 Å². The van der Waals surface area contributed by atoms with Crippen LogP contribution in [-0.4, -0.2) is 44.7 Å². The van der Waals surface area contributed by atoms with Crippen LogP contribution < -0.4 is 14.8 Å². The van der Waals surface area contributed by atoms with Crippen molar-refractivity contribution < 1.29 is 14.3 Å². The van der Waals surface area contributed by atoms with Crippen LogP contribution in [0.5, 0.6) is 11.5 Å². The van der Waals surface area contributed by atoms with E-state index in [1.807, 2.05) is 25.2 Å². The largest absolute Gasteiger partial charge is 0.493 e. The molecule has 1 aliphatic rings. The van der Waals surface area contributed by atoms with Crippen LogP contribution in [0.4, 0.5) is 0 Å². The predicted molar refractivity (Wildman–Crippen MR) is 81.7 cm³/mol. The molecule has 5 nitrogen and oxygen atoms in total. The van der Waals surface area contributed by atoms with Crippen LogP contribution in [0.25, 0.3) is 0 Å². The van der Waals surface area contributed by atoms with Crippen molar-refractivity contribution in [1.29, 1.82) is 0 Å². The van der Waals surface area contributed by atoms with E-state index in [2.05, 4.69) is 5.32 Å². The average molecular weight is 292 g/mol. The molecule has 0 bridgehead atoms. The van der Waals surface area contributed by atoms with Crippen LogP contribution in [0.15, 0.2) is 18.2 Å². The number of hydrogen-bond donors (Lipinski definition) is 1. The predicted octanol–water partition coefficient (Wildman–Crippen LogP) is 1.80. The van der Waals surface area contributed by atoms with Gasteiger partial charge < -0.3 is 19.7 Å². The van der Waals surface area contributed by atoms with Crippen molar-refractivity contribution in [3.05, 3.63) is 23.8 Å². The molecular formula is C16H24N2O3. The lowest BCUT2D eigenvalue weighted by molar-refractivity contribution is -0.130. The van der Waals surface area contributed by atoms with Gasteiger partial charge in [-0.2, -0.15) is 0 Å². The van der Waals surface area contributed by atoms with Crippen molar-refractivity contribution in [3.63, 3.8) is 0 Å². The summed E-state index contributed by atoms with van der Waals surface area (Å²) < 4.78 is 10.5. The molecule has 0 aromatic heterocycles. The molecule has 1 fully saturated rings. The highest BCUT2D eigenvalue weighted by Gasteiger charge is 2.20. The molecule has 0 aliphatic heterocycles. The highest BCUT2D eigenvalue weighted by atomic mass is 16.5. The second-order valence-corrected chi connectivity index (χ2v) is 5.42. The zero-order chi connectivity index (χ0) is 15.2. The van der Waals surface area contributed by atoms with E-state index in [1.165, 1.54) is 12.8 Å². The molecule has 1 N–H and O–H groups in total. The van der Waals surface area contributed by atoms with Gasteiger partial charge in [0, 0.05) is 32.6 Å². The third kappa shape index (κ3) is 4.63. The molecule has 21 heavy (non-hydrogen) atoms. The van der Waals surface area contributed by atoms with Crippen molar-refractivity contribution in [2.75, 3.05) is 27.8 Å². The number of benzene rings is 1. The Morgan fingerprint density at radius 3 is 2.62 bits per heavy atom. The second kappa shape index (κ2) is 7.31. The number of methoxy groups -OCH3 is 2. The summed E-state index contributed by atoms with van der Waals surface area (Å²) in [4.78, 5) is 13.8. The molecular weight excluding hydrogens is 268 g/mol. The lowest BCUT2D eigenvalue weighted by Gasteiger charge is -2.18. The Kier molecular flexibility index (Phi) is 5.44. The minimum Gasteiger partial charge on any atom is -0.493 e. The molecule has 0 radical (unpaired) electrons. The average Bonchev–Trinajstić information content (AvgIpc) is 3.31. The van der Waals surface area contributed by atoms with Gasteiger partial charge in [0.15, 0.2) is 11.5 Å². The van der Waals surface area contributed by atoms with Crippen molar-refractivity contribution in [3.8, 4) is 11.5 Å². The maximum Gasteiger partial charge on any atom is 0.223 e. The van der Waals surface area contributed by atoms with E-state index in [0.717, 1.165) is 12.1 Å². The van der Waals surface area contributed by atoms with Gasteiger partial charge in [0.2, 0.25) is 5.91 Å². The van der Waals surface area contributed by atoms with Gasteiger partial charge in [-0.1, -0.05) is 6.07 Å². The first kappa shape index (κ1) is 15.6. The van der Waals surface area contributed by atoms with Gasteiger partial charge in [0.1, 0.15) is 0 Å². The Morgan fingerprint density at radius 1 is 1.29 bits per heavy atom. The maximum atomic E-state index is 12.1. The lowest BCUT2D eigenvalue weighted by Crippen LogP contribution is -2.30. The molecule has 0 unspecified atom stereocenters. The van der Waals surface area contributed by atoms with E-state index >= 15 is 0 Å². The van der Waals surface area contributed by atoms with E-state index in [-0.39, 0.29) is 5.91 Å². The summed E-state index contributed by atoms with van der Waals surface area (Å²) in [5, 5.41) is 3.36. The summed E-state index contributed by atoms with van der Waals surface area (Å²) in [6.45, 7) is 1.34. The van der Waals surface area contributed by atoms with E-state index in [9.17, 15) is 4.79 Å². The van der Waals surface area contributed by atoms with Gasteiger partial charge in [-0.15, -0.1) is 0 Å². The third-order valence-corrected chi connectivity index (χ3v) is 3.64. The number of nitrogens with zero attached hydrogens (tertiary/aromatic N) is 1. The lowest BCUT2D eigenvalue weighted by atomic mass is 10.2. The molecule has 0 heterocycles. The van der Waals surface area contributed by atoms with Crippen LogP contribution in [0, 0.1) is 0 Å². The monoisotopic (exact) mass is 292 g/mol. The number of rotatable bonds is 8. The highest BCUT2D eigenvalue weighted by Crippen LogP contribution is 2.28. The van der Waals surface area contributed by atoms with E-state index < -0.39 is 0 Å². The van der Waals surface area contributed by atoms with Gasteiger partial charge in [0.05, 0.1) is 14.2 Å². The molecule has 1 aliphatic carbocycles. The number of carbonyl (C=O) groups excluding carboxylic acids is 1. The minimum atomic E-state index is 0.151. The second-order valence-electron chi connectivity index (χ2n) is 5.42. The van der Waals surface area contributed by atoms with E-state index in [0.29, 0.717) is 30.5 Å². The first-order valence-corrected chi connectivity index (χ1v) is 7.32. The van der Waals surface area contributed by atoms with Gasteiger partial charge in [0.25, 0.3) is 0 Å². The van der Waals surface area contributed by atoms with E-state index in [4.69, 9.17) is 9.47 Å². The van der Waals surface area contributed by atoms with Crippen molar-refractivity contribution >= 4 is 5.91 Å². The smallest absolute Gasteiger partial charge is 0.223 e. The topological polar surface area (TPSA) is 50.8 Å². The Morgan fingerprint density at radius 2 is 2.00 bits per heavy atom. The Hall–Kier alpha value is -1.75. The fraction of sp³-hybridized carbons (Fsp3) is 0.562. The van der Waals surface area contributed by atoms with Crippen LogP contribution >= 0.6 is 0 Å². The summed E-state index contributed by atoms with van der Waals surface area (Å²) in [6, 6.07) is 6.37. The summed E-state index contributed by atoms with van der Waals surface area (Å²) in [5.41, 5.74) is 1.03. The first-order valence-electron chi connectivity index (χ1n) is 7.32. The summed E-state index contributed by atoms with van der Waals surface area (Å²) in [5.74, 6) is 1.54. The van der Waals surface area contributed by atoms with Crippen molar-refractivity contribution in [2.24, 2.45) is 0 Å². The fourth-order valence-electron chi connectivity index (χ4n) is 2.20. The Labute approximate surface area is 126 Å². The number of nitrogens with one attached hydrogen (secondary N) is 1. The number of amides is 1. The van der Waals surface area contributed by atoms with Crippen LogP contribution in [0.2, 0.25) is 0 Å². The third-order valence-electron chi connectivity index (χ3n) is 3.64. The first-order chi connectivity index (χ1) is 10.1. The summed E-state index contributed by atoms with van der Waals surface area (Å²) in [6.07, 6.45) is 3.03. The van der Waals surface area contributed by atoms with Gasteiger partial charge in [-0.25, -0.2) is 0 Å². The Balaban J connectivity index is 1.85.